The molecule has 2 aromatic heterocycles. The number of benzene rings is 2. The number of fused-ring (bicyclic) bond motifs is 3. The van der Waals surface area contributed by atoms with Crippen molar-refractivity contribution in [1.29, 1.82) is 0 Å². The highest BCUT2D eigenvalue weighted by atomic mass is 19.1. The molecule has 0 radical (unpaired) electrons. The largest absolute Gasteiger partial charge is 0.493 e. The van der Waals surface area contributed by atoms with Crippen molar-refractivity contribution in [1.82, 2.24) is 9.97 Å². The summed E-state index contributed by atoms with van der Waals surface area (Å²) in [5.74, 6) is 0.948. The van der Waals surface area contributed by atoms with Crippen LogP contribution in [0, 0.1) is 5.82 Å². The summed E-state index contributed by atoms with van der Waals surface area (Å²) in [4.78, 5) is 9.22. The minimum absolute atomic E-state index is 0.283. The van der Waals surface area contributed by atoms with E-state index in [9.17, 15) is 4.39 Å². The van der Waals surface area contributed by atoms with Crippen molar-refractivity contribution in [3.8, 4) is 22.8 Å². The van der Waals surface area contributed by atoms with Crippen molar-refractivity contribution < 1.29 is 13.9 Å². The Balaban J connectivity index is 2.14. The lowest BCUT2D eigenvalue weighted by molar-refractivity contribution is 0.356. The van der Waals surface area contributed by atoms with Crippen LogP contribution in [0.1, 0.15) is 0 Å². The fourth-order valence-electron chi connectivity index (χ4n) is 2.97. The van der Waals surface area contributed by atoms with Gasteiger partial charge in [-0.1, -0.05) is 0 Å². The minimum Gasteiger partial charge on any atom is -0.493 e. The molecule has 25 heavy (non-hydrogen) atoms. The molecular formula is C20H15FN2O2. The highest BCUT2D eigenvalue weighted by Crippen LogP contribution is 2.38. The lowest BCUT2D eigenvalue weighted by atomic mass is 10.0. The Bertz CT molecular complexity index is 1080. The summed E-state index contributed by atoms with van der Waals surface area (Å²) in [7, 11) is 3.19. The monoisotopic (exact) mass is 334 g/mol. The molecule has 2 heterocycles. The normalized spacial score (nSPS) is 11.0. The van der Waals surface area contributed by atoms with Crippen molar-refractivity contribution in [2.45, 2.75) is 0 Å². The van der Waals surface area contributed by atoms with E-state index in [1.54, 1.807) is 32.5 Å². The predicted molar refractivity (Wildman–Crippen MR) is 95.5 cm³/mol. The molecule has 0 saturated carbocycles. The van der Waals surface area contributed by atoms with Crippen molar-refractivity contribution in [2.75, 3.05) is 14.2 Å². The molecule has 4 rings (SSSR count). The summed E-state index contributed by atoms with van der Waals surface area (Å²) < 4.78 is 24.2. The molecule has 0 saturated heterocycles. The molecule has 2 aromatic carbocycles. The van der Waals surface area contributed by atoms with Gasteiger partial charge in [0.25, 0.3) is 0 Å². The second-order valence-corrected chi connectivity index (χ2v) is 5.59. The summed E-state index contributed by atoms with van der Waals surface area (Å²) in [6.07, 6.45) is 1.73. The SMILES string of the molecule is COc1cc2c(-c3ccc(F)cc3)nc3cccnc3c2cc1OC. The van der Waals surface area contributed by atoms with E-state index in [0.29, 0.717) is 11.5 Å². The van der Waals surface area contributed by atoms with Crippen LogP contribution in [-0.2, 0) is 0 Å². The Morgan fingerprint density at radius 3 is 2.24 bits per heavy atom. The number of methoxy groups -OCH3 is 2. The average Bonchev–Trinajstić information content (AvgIpc) is 2.67. The van der Waals surface area contributed by atoms with Crippen molar-refractivity contribution in [3.63, 3.8) is 0 Å². The summed E-state index contributed by atoms with van der Waals surface area (Å²) in [5.41, 5.74) is 3.12. The predicted octanol–water partition coefficient (Wildman–Crippen LogP) is 4.61. The molecule has 0 spiro atoms. The van der Waals surface area contributed by atoms with Gasteiger partial charge in [-0.15, -0.1) is 0 Å². The lowest BCUT2D eigenvalue weighted by Gasteiger charge is -2.13. The van der Waals surface area contributed by atoms with E-state index in [1.807, 2.05) is 24.3 Å². The van der Waals surface area contributed by atoms with Crippen LogP contribution >= 0.6 is 0 Å². The van der Waals surface area contributed by atoms with Gasteiger partial charge in [0, 0.05) is 22.5 Å². The number of nitrogens with zero attached hydrogens (tertiary/aromatic N) is 2. The summed E-state index contributed by atoms with van der Waals surface area (Å²) in [6, 6.07) is 13.8. The highest BCUT2D eigenvalue weighted by Gasteiger charge is 2.15. The molecule has 0 N–H and O–H groups in total. The maximum Gasteiger partial charge on any atom is 0.161 e. The zero-order chi connectivity index (χ0) is 17.4. The van der Waals surface area contributed by atoms with E-state index in [1.165, 1.54) is 12.1 Å². The fraction of sp³-hybridized carbons (Fsp3) is 0.100. The molecule has 4 nitrogen and oxygen atoms in total. The zero-order valence-corrected chi connectivity index (χ0v) is 13.8. The first-order valence-electron chi connectivity index (χ1n) is 7.77. The molecule has 0 aliphatic carbocycles. The first kappa shape index (κ1) is 15.3. The Labute approximate surface area is 143 Å². The molecule has 0 fully saturated rings. The standard InChI is InChI=1S/C20H15FN2O2/c1-24-17-10-14-15(11-18(17)25-2)20-16(4-3-9-22-20)23-19(14)12-5-7-13(21)8-6-12/h3-11H,1-2H3. The Morgan fingerprint density at radius 1 is 0.880 bits per heavy atom. The minimum atomic E-state index is -0.283. The van der Waals surface area contributed by atoms with E-state index >= 15 is 0 Å². The number of aromatic nitrogens is 2. The molecule has 0 amide bonds. The van der Waals surface area contributed by atoms with E-state index in [0.717, 1.165) is 33.1 Å². The Morgan fingerprint density at radius 2 is 1.56 bits per heavy atom. The van der Waals surface area contributed by atoms with Gasteiger partial charge in [0.2, 0.25) is 0 Å². The molecule has 124 valence electrons. The third-order valence-corrected chi connectivity index (χ3v) is 4.17. The third kappa shape index (κ3) is 2.54. The van der Waals surface area contributed by atoms with Crippen LogP contribution in [0.5, 0.6) is 11.5 Å². The third-order valence-electron chi connectivity index (χ3n) is 4.17. The average molecular weight is 334 g/mol. The smallest absolute Gasteiger partial charge is 0.161 e. The number of hydrogen-bond donors (Lipinski definition) is 0. The molecule has 0 atom stereocenters. The van der Waals surface area contributed by atoms with Crippen LogP contribution in [-0.4, -0.2) is 24.2 Å². The van der Waals surface area contributed by atoms with E-state index < -0.39 is 0 Å². The molecule has 0 unspecified atom stereocenters. The Hall–Kier alpha value is -3.21. The van der Waals surface area contributed by atoms with Crippen LogP contribution in [0.15, 0.2) is 54.7 Å². The fourth-order valence-corrected chi connectivity index (χ4v) is 2.97. The van der Waals surface area contributed by atoms with Crippen molar-refractivity contribution >= 4 is 21.8 Å². The van der Waals surface area contributed by atoms with Gasteiger partial charge >= 0.3 is 0 Å². The molecular weight excluding hydrogens is 319 g/mol. The van der Waals surface area contributed by atoms with Crippen molar-refractivity contribution in [3.05, 3.63) is 60.5 Å². The molecule has 4 aromatic rings. The van der Waals surface area contributed by atoms with Crippen LogP contribution < -0.4 is 9.47 Å². The Kier molecular flexibility index (Phi) is 3.69. The van der Waals surface area contributed by atoms with Gasteiger partial charge in [-0.3, -0.25) is 4.98 Å². The van der Waals surface area contributed by atoms with Crippen LogP contribution in [0.3, 0.4) is 0 Å². The molecule has 0 aliphatic rings. The second kappa shape index (κ2) is 6.02. The summed E-state index contributed by atoms with van der Waals surface area (Å²) in [5, 5.41) is 1.78. The highest BCUT2D eigenvalue weighted by molar-refractivity contribution is 6.10. The quantitative estimate of drug-likeness (QED) is 0.513. The molecule has 0 aliphatic heterocycles. The summed E-state index contributed by atoms with van der Waals surface area (Å²) >= 11 is 0. The first-order valence-corrected chi connectivity index (χ1v) is 7.77. The first-order chi connectivity index (χ1) is 12.2. The maximum absolute atomic E-state index is 13.3. The second-order valence-electron chi connectivity index (χ2n) is 5.59. The number of hydrogen-bond acceptors (Lipinski definition) is 4. The summed E-state index contributed by atoms with van der Waals surface area (Å²) in [6.45, 7) is 0. The van der Waals surface area contributed by atoms with Gasteiger partial charge in [0.1, 0.15) is 5.82 Å². The van der Waals surface area contributed by atoms with E-state index in [-0.39, 0.29) is 5.82 Å². The van der Waals surface area contributed by atoms with Gasteiger partial charge in [0.05, 0.1) is 30.9 Å². The van der Waals surface area contributed by atoms with Crippen LogP contribution in [0.25, 0.3) is 33.1 Å². The zero-order valence-electron chi connectivity index (χ0n) is 13.8. The van der Waals surface area contributed by atoms with E-state index in [4.69, 9.17) is 14.5 Å². The van der Waals surface area contributed by atoms with Gasteiger partial charge in [-0.25, -0.2) is 9.37 Å². The van der Waals surface area contributed by atoms with Crippen molar-refractivity contribution in [2.24, 2.45) is 0 Å². The number of halogens is 1. The number of ether oxygens (including phenoxy) is 2. The molecule has 0 bridgehead atoms. The maximum atomic E-state index is 13.3. The number of rotatable bonds is 3. The van der Waals surface area contributed by atoms with Crippen LogP contribution in [0.2, 0.25) is 0 Å². The van der Waals surface area contributed by atoms with Gasteiger partial charge < -0.3 is 9.47 Å². The van der Waals surface area contributed by atoms with Gasteiger partial charge in [0.15, 0.2) is 11.5 Å². The number of pyridine rings is 2. The van der Waals surface area contributed by atoms with Gasteiger partial charge in [-0.2, -0.15) is 0 Å². The van der Waals surface area contributed by atoms with Gasteiger partial charge in [-0.05, 0) is 48.5 Å². The van der Waals surface area contributed by atoms with Crippen LogP contribution in [0.4, 0.5) is 4.39 Å². The molecule has 5 heteroatoms. The topological polar surface area (TPSA) is 44.2 Å². The lowest BCUT2D eigenvalue weighted by Crippen LogP contribution is -1.95. The van der Waals surface area contributed by atoms with E-state index in [2.05, 4.69) is 4.98 Å².